The van der Waals surface area contributed by atoms with Crippen LogP contribution in [0.2, 0.25) is 0 Å². The van der Waals surface area contributed by atoms with Crippen molar-refractivity contribution >= 4 is 55.3 Å². The Kier molecular flexibility index (Phi) is 10.4. The molecule has 2 amide bonds. The number of halogens is 2. The van der Waals surface area contributed by atoms with Crippen molar-refractivity contribution in [2.75, 3.05) is 43.0 Å². The predicted octanol–water partition coefficient (Wildman–Crippen LogP) is 8.62. The van der Waals surface area contributed by atoms with Crippen LogP contribution < -0.4 is 15.0 Å². The normalized spacial score (nSPS) is 24.4. The Balaban J connectivity index is 1.27. The number of hydrogen-bond donors (Lipinski definition) is 1. The number of alkyl halides is 1. The quantitative estimate of drug-likeness (QED) is 0.199. The summed E-state index contributed by atoms with van der Waals surface area (Å²) in [6.45, 7) is 17.0. The summed E-state index contributed by atoms with van der Waals surface area (Å²) in [6, 6.07) is 7.02. The maximum atomic E-state index is 17.6. The summed E-state index contributed by atoms with van der Waals surface area (Å²) in [5, 5.41) is 14.4. The molecule has 8 rings (SSSR count). The molecule has 314 valence electrons. The van der Waals surface area contributed by atoms with E-state index in [2.05, 4.69) is 28.1 Å². The molecule has 4 aliphatic rings. The highest BCUT2D eigenvalue weighted by atomic mass is 32.1. The van der Waals surface area contributed by atoms with Gasteiger partial charge in [0.25, 0.3) is 0 Å². The highest BCUT2D eigenvalue weighted by molar-refractivity contribution is 7.23. The van der Waals surface area contributed by atoms with Gasteiger partial charge in [-0.15, -0.1) is 11.3 Å². The zero-order chi connectivity index (χ0) is 42.2. The lowest BCUT2D eigenvalue weighted by molar-refractivity contribution is 0.00794. The number of pyridine rings is 1. The van der Waals surface area contributed by atoms with Gasteiger partial charge in [-0.05, 0) is 85.8 Å². The van der Waals surface area contributed by atoms with Crippen LogP contribution in [0.4, 0.5) is 29.2 Å². The zero-order valence-electron chi connectivity index (χ0n) is 34.9. The zero-order valence-corrected chi connectivity index (χ0v) is 35.8. The first kappa shape index (κ1) is 40.9. The minimum absolute atomic E-state index is 0.00247. The largest absolute Gasteiger partial charge is 0.461 e. The summed E-state index contributed by atoms with van der Waals surface area (Å²) >= 11 is 1.19. The van der Waals surface area contributed by atoms with Crippen molar-refractivity contribution in [3.8, 4) is 23.3 Å². The topological polar surface area (TPSA) is 146 Å². The Morgan fingerprint density at radius 2 is 1.83 bits per heavy atom. The molecular weight excluding hydrogens is 779 g/mol. The van der Waals surface area contributed by atoms with Crippen LogP contribution in [0.25, 0.3) is 32.2 Å². The van der Waals surface area contributed by atoms with Crippen molar-refractivity contribution in [2.24, 2.45) is 5.92 Å². The molecule has 0 spiro atoms. The molecule has 16 heteroatoms. The Morgan fingerprint density at radius 1 is 1.07 bits per heavy atom. The number of nitriles is 1. The van der Waals surface area contributed by atoms with E-state index < -0.39 is 34.8 Å². The number of fused-ring (bicyclic) bond motifs is 4. The molecule has 3 fully saturated rings. The average Bonchev–Trinajstić information content (AvgIpc) is 3.79. The van der Waals surface area contributed by atoms with E-state index >= 15 is 4.39 Å². The molecule has 1 unspecified atom stereocenters. The lowest BCUT2D eigenvalue weighted by atomic mass is 9.92. The van der Waals surface area contributed by atoms with Gasteiger partial charge in [0.05, 0.1) is 34.3 Å². The molecule has 4 aliphatic heterocycles. The molecule has 3 saturated heterocycles. The number of aromatic nitrogens is 3. The lowest BCUT2D eigenvalue weighted by Crippen LogP contribution is -2.62. The van der Waals surface area contributed by atoms with Crippen LogP contribution in [0.5, 0.6) is 6.01 Å². The summed E-state index contributed by atoms with van der Waals surface area (Å²) in [5.74, 6) is -0.328. The van der Waals surface area contributed by atoms with E-state index in [1.165, 1.54) is 11.3 Å². The maximum Gasteiger partial charge on any atom is 0.412 e. The van der Waals surface area contributed by atoms with E-state index in [1.54, 1.807) is 37.8 Å². The number of hydrogen-bond acceptors (Lipinski definition) is 12. The molecule has 7 heterocycles. The Bertz CT molecular complexity index is 2370. The summed E-state index contributed by atoms with van der Waals surface area (Å²) in [4.78, 5) is 47.5. The third-order valence-corrected chi connectivity index (χ3v) is 13.0. The van der Waals surface area contributed by atoms with E-state index in [1.807, 2.05) is 33.8 Å². The number of ether oxygens (including phenoxy) is 3. The Hall–Kier alpha value is -4.88. The fourth-order valence-corrected chi connectivity index (χ4v) is 10.4. The van der Waals surface area contributed by atoms with Crippen LogP contribution >= 0.6 is 11.3 Å². The first-order valence-electron chi connectivity index (χ1n) is 20.5. The third kappa shape index (κ3) is 7.60. The number of benzene rings is 1. The van der Waals surface area contributed by atoms with Gasteiger partial charge in [0.15, 0.2) is 5.82 Å². The van der Waals surface area contributed by atoms with Crippen LogP contribution in [-0.4, -0.2) is 105 Å². The van der Waals surface area contributed by atoms with Gasteiger partial charge in [-0.25, -0.2) is 23.4 Å². The van der Waals surface area contributed by atoms with Crippen LogP contribution in [-0.2, 0) is 15.9 Å². The van der Waals surface area contributed by atoms with E-state index in [-0.39, 0.29) is 58.5 Å². The number of nitrogens with zero attached hydrogens (tertiary/aromatic N) is 7. The predicted molar refractivity (Wildman–Crippen MR) is 222 cm³/mol. The van der Waals surface area contributed by atoms with Crippen LogP contribution in [0.3, 0.4) is 0 Å². The molecule has 3 aromatic heterocycles. The van der Waals surface area contributed by atoms with Crippen molar-refractivity contribution in [2.45, 2.75) is 122 Å². The van der Waals surface area contributed by atoms with Gasteiger partial charge >= 0.3 is 18.2 Å². The standard InChI is InChI=1S/C43H52F2N8O5S/c1-9-25-20-53-29(21-52(25)40(55)58-42(6,7)8)23(2)16-28-32-35(48-38(49-36(32)53)56-22-43-14-11-15-51(43)19-24(44)17-43)33(45)34(47-28)26-12-10-13-30-31(26)27(18-46)37(59-30)50-39(54)57-41(3,4)5/h10,12-13,23-25,29H,9,11,14-17,19-22H2,1-8H3,(H,50,54)/t23-,24+,25+,29+,43?/m0/s1. The molecule has 59 heavy (non-hydrogen) atoms. The lowest BCUT2D eigenvalue weighted by Gasteiger charge is -2.48. The number of nitrogens with one attached hydrogen (secondary N) is 1. The molecule has 5 atom stereocenters. The molecule has 1 N–H and O–H groups in total. The van der Waals surface area contributed by atoms with Gasteiger partial charge in [-0.1, -0.05) is 26.0 Å². The Labute approximate surface area is 347 Å². The van der Waals surface area contributed by atoms with Gasteiger partial charge in [-0.3, -0.25) is 10.2 Å². The SMILES string of the molecule is CC[C@@H]1CN2c3nc(OCC45CCCN4C[C@H](F)C5)nc4c(F)c(-c5cccc6sc(NC(=O)OC(C)(C)C)c(C#N)c56)nc(c34)C[C@H](C)[C@H]2CN1C(=O)OC(C)(C)C. The van der Waals surface area contributed by atoms with Crippen molar-refractivity contribution in [3.63, 3.8) is 0 Å². The number of rotatable bonds is 6. The third-order valence-electron chi connectivity index (χ3n) is 11.9. The number of thiophene rings is 1. The van der Waals surface area contributed by atoms with Crippen molar-refractivity contribution in [1.82, 2.24) is 24.8 Å². The van der Waals surface area contributed by atoms with Crippen LogP contribution in [0, 0.1) is 23.1 Å². The first-order chi connectivity index (χ1) is 27.9. The minimum Gasteiger partial charge on any atom is -0.461 e. The summed E-state index contributed by atoms with van der Waals surface area (Å²) in [6.07, 6.45) is 1.06. The second kappa shape index (κ2) is 15.0. The van der Waals surface area contributed by atoms with Crippen LogP contribution in [0.1, 0.15) is 92.3 Å². The highest BCUT2D eigenvalue weighted by Gasteiger charge is 2.50. The van der Waals surface area contributed by atoms with E-state index in [0.717, 1.165) is 19.4 Å². The molecular formula is C43H52F2N8O5S. The molecule has 0 saturated carbocycles. The van der Waals surface area contributed by atoms with E-state index in [9.17, 15) is 19.2 Å². The van der Waals surface area contributed by atoms with Gasteiger partial charge in [0.2, 0.25) is 0 Å². The molecule has 13 nitrogen and oxygen atoms in total. The molecule has 0 radical (unpaired) electrons. The van der Waals surface area contributed by atoms with Gasteiger partial charge in [0, 0.05) is 41.7 Å². The molecule has 4 aromatic rings. The molecule has 1 aromatic carbocycles. The van der Waals surface area contributed by atoms with Crippen molar-refractivity contribution < 1.29 is 32.6 Å². The first-order valence-corrected chi connectivity index (χ1v) is 21.3. The summed E-state index contributed by atoms with van der Waals surface area (Å²) in [7, 11) is 0. The fourth-order valence-electron chi connectivity index (χ4n) is 9.36. The minimum atomic E-state index is -0.956. The number of anilines is 2. The number of piperazine rings is 1. The maximum absolute atomic E-state index is 17.6. The van der Waals surface area contributed by atoms with Gasteiger partial charge in [0.1, 0.15) is 52.1 Å². The van der Waals surface area contributed by atoms with E-state index in [0.29, 0.717) is 71.4 Å². The van der Waals surface area contributed by atoms with Gasteiger partial charge < -0.3 is 24.0 Å². The molecule has 0 bridgehead atoms. The monoisotopic (exact) mass is 830 g/mol. The van der Waals surface area contributed by atoms with Crippen LogP contribution in [0.15, 0.2) is 18.2 Å². The number of carbonyl (C=O) groups excluding carboxylic acids is 2. The van der Waals surface area contributed by atoms with Crippen molar-refractivity contribution in [1.29, 1.82) is 5.26 Å². The van der Waals surface area contributed by atoms with Gasteiger partial charge in [-0.2, -0.15) is 15.2 Å². The second-order valence-corrected chi connectivity index (χ2v) is 19.5. The highest BCUT2D eigenvalue weighted by Crippen LogP contribution is 2.46. The second-order valence-electron chi connectivity index (χ2n) is 18.5. The smallest absolute Gasteiger partial charge is 0.412 e. The number of amides is 2. The van der Waals surface area contributed by atoms with E-state index in [4.69, 9.17) is 29.2 Å². The Morgan fingerprint density at radius 3 is 2.54 bits per heavy atom. The van der Waals surface area contributed by atoms with Crippen molar-refractivity contribution in [3.05, 3.63) is 35.3 Å². The summed E-state index contributed by atoms with van der Waals surface area (Å²) in [5.41, 5.74) is -0.817. The molecule has 0 aliphatic carbocycles. The number of carbonyl (C=O) groups is 2. The average molecular weight is 831 g/mol. The summed E-state index contributed by atoms with van der Waals surface area (Å²) < 4.78 is 50.8. The fraction of sp³-hybridized carbons (Fsp3) is 0.581.